The van der Waals surface area contributed by atoms with Crippen LogP contribution in [0.5, 0.6) is 5.75 Å². The zero-order chi connectivity index (χ0) is 14.5. The number of nitrogens with one attached hydrogen (secondary N) is 2. The summed E-state index contributed by atoms with van der Waals surface area (Å²) in [5.41, 5.74) is 4.21. The van der Waals surface area contributed by atoms with Crippen LogP contribution in [0.1, 0.15) is 25.2 Å². The molecule has 0 spiro atoms. The smallest absolute Gasteiger partial charge is 0.214 e. The van der Waals surface area contributed by atoms with Gasteiger partial charge in [0.2, 0.25) is 4.77 Å². The molecular formula is C13H17ClN4OS. The van der Waals surface area contributed by atoms with E-state index in [0.29, 0.717) is 22.9 Å². The minimum atomic E-state index is 0.543. The van der Waals surface area contributed by atoms with E-state index in [1.54, 1.807) is 4.68 Å². The standard InChI is InChI=1S/C13H17ClN4OS/c1-3-12-16-17-13(20)18(12)15-8-9-7-10(14)5-6-11(9)19-4-2/h5-7,15H,3-4,8H2,1-2H3,(H,17,20). The molecule has 0 bridgehead atoms. The Morgan fingerprint density at radius 2 is 2.25 bits per heavy atom. The van der Waals surface area contributed by atoms with Gasteiger partial charge in [-0.2, -0.15) is 5.10 Å². The summed E-state index contributed by atoms with van der Waals surface area (Å²) in [5.74, 6) is 1.67. The summed E-state index contributed by atoms with van der Waals surface area (Å²) < 4.78 is 7.90. The zero-order valence-electron chi connectivity index (χ0n) is 11.4. The van der Waals surface area contributed by atoms with Crippen LogP contribution < -0.4 is 10.2 Å². The monoisotopic (exact) mass is 312 g/mol. The Balaban J connectivity index is 2.19. The lowest BCUT2D eigenvalue weighted by atomic mass is 10.2. The van der Waals surface area contributed by atoms with Crippen LogP contribution in [0.25, 0.3) is 0 Å². The van der Waals surface area contributed by atoms with E-state index in [2.05, 4.69) is 15.6 Å². The molecule has 0 unspecified atom stereocenters. The summed E-state index contributed by atoms with van der Waals surface area (Å²) in [6, 6.07) is 5.57. The molecule has 0 aliphatic rings. The maximum Gasteiger partial charge on any atom is 0.214 e. The molecule has 0 aliphatic heterocycles. The molecule has 1 aromatic carbocycles. The average Bonchev–Trinajstić information content (AvgIpc) is 2.79. The van der Waals surface area contributed by atoms with Gasteiger partial charge in [-0.3, -0.25) is 5.10 Å². The van der Waals surface area contributed by atoms with Gasteiger partial charge in [0.1, 0.15) is 5.75 Å². The fourth-order valence-corrected chi connectivity index (χ4v) is 2.29. The lowest BCUT2D eigenvalue weighted by Crippen LogP contribution is -2.17. The summed E-state index contributed by atoms with van der Waals surface area (Å²) in [7, 11) is 0. The Morgan fingerprint density at radius 3 is 2.95 bits per heavy atom. The van der Waals surface area contributed by atoms with Crippen LogP contribution in [0.4, 0.5) is 0 Å². The number of hydrogen-bond donors (Lipinski definition) is 2. The molecular weight excluding hydrogens is 296 g/mol. The van der Waals surface area contributed by atoms with E-state index < -0.39 is 0 Å². The molecule has 1 aromatic heterocycles. The Hall–Kier alpha value is -1.53. The van der Waals surface area contributed by atoms with Gasteiger partial charge in [-0.15, -0.1) is 0 Å². The van der Waals surface area contributed by atoms with E-state index in [1.807, 2.05) is 32.0 Å². The second-order valence-electron chi connectivity index (χ2n) is 4.15. The number of aromatic amines is 1. The number of halogens is 1. The van der Waals surface area contributed by atoms with Crippen molar-refractivity contribution < 1.29 is 4.74 Å². The van der Waals surface area contributed by atoms with Gasteiger partial charge in [0.15, 0.2) is 5.82 Å². The third kappa shape index (κ3) is 3.32. The largest absolute Gasteiger partial charge is 0.494 e. The second-order valence-corrected chi connectivity index (χ2v) is 4.98. The fourth-order valence-electron chi connectivity index (χ4n) is 1.88. The van der Waals surface area contributed by atoms with Gasteiger partial charge in [0, 0.05) is 17.0 Å². The van der Waals surface area contributed by atoms with Gasteiger partial charge in [-0.25, -0.2) is 4.68 Å². The molecule has 108 valence electrons. The highest BCUT2D eigenvalue weighted by atomic mass is 35.5. The van der Waals surface area contributed by atoms with Crippen molar-refractivity contribution in [2.45, 2.75) is 26.8 Å². The Bertz CT molecular complexity index is 638. The highest BCUT2D eigenvalue weighted by Gasteiger charge is 2.07. The molecule has 5 nitrogen and oxygen atoms in total. The minimum absolute atomic E-state index is 0.543. The Morgan fingerprint density at radius 1 is 1.45 bits per heavy atom. The molecule has 0 aliphatic carbocycles. The molecule has 0 saturated heterocycles. The van der Waals surface area contributed by atoms with Crippen molar-refractivity contribution in [3.63, 3.8) is 0 Å². The van der Waals surface area contributed by atoms with Crippen molar-refractivity contribution in [1.82, 2.24) is 14.9 Å². The highest BCUT2D eigenvalue weighted by molar-refractivity contribution is 7.71. The van der Waals surface area contributed by atoms with E-state index in [-0.39, 0.29) is 0 Å². The maximum atomic E-state index is 6.04. The molecule has 1 heterocycles. The van der Waals surface area contributed by atoms with E-state index >= 15 is 0 Å². The molecule has 0 radical (unpaired) electrons. The summed E-state index contributed by atoms with van der Waals surface area (Å²) in [6.45, 7) is 5.14. The predicted octanol–water partition coefficient (Wildman–Crippen LogP) is 3.30. The van der Waals surface area contributed by atoms with Gasteiger partial charge >= 0.3 is 0 Å². The lowest BCUT2D eigenvalue weighted by Gasteiger charge is -2.13. The maximum absolute atomic E-state index is 6.04. The fraction of sp³-hybridized carbons (Fsp3) is 0.385. The Kier molecular flexibility index (Phi) is 5.03. The summed E-state index contributed by atoms with van der Waals surface area (Å²) in [4.78, 5) is 0. The van der Waals surface area contributed by atoms with Crippen molar-refractivity contribution in [3.8, 4) is 5.75 Å². The number of hydrogen-bond acceptors (Lipinski definition) is 4. The van der Waals surface area contributed by atoms with Crippen LogP contribution in [-0.4, -0.2) is 21.5 Å². The number of H-pyrrole nitrogens is 1. The molecule has 20 heavy (non-hydrogen) atoms. The molecule has 0 saturated carbocycles. The average molecular weight is 313 g/mol. The van der Waals surface area contributed by atoms with Gasteiger partial charge in [0.25, 0.3) is 0 Å². The first-order valence-electron chi connectivity index (χ1n) is 6.47. The molecule has 0 fully saturated rings. The van der Waals surface area contributed by atoms with E-state index in [1.165, 1.54) is 0 Å². The van der Waals surface area contributed by atoms with Crippen LogP contribution in [0, 0.1) is 4.77 Å². The van der Waals surface area contributed by atoms with Gasteiger partial charge in [0.05, 0.1) is 13.2 Å². The van der Waals surface area contributed by atoms with Crippen molar-refractivity contribution in [1.29, 1.82) is 0 Å². The lowest BCUT2D eigenvalue weighted by molar-refractivity contribution is 0.336. The normalized spacial score (nSPS) is 10.6. The predicted molar refractivity (Wildman–Crippen MR) is 82.5 cm³/mol. The summed E-state index contributed by atoms with van der Waals surface area (Å²) in [5, 5.41) is 7.60. The van der Waals surface area contributed by atoms with Crippen LogP contribution in [0.15, 0.2) is 18.2 Å². The van der Waals surface area contributed by atoms with Crippen LogP contribution >= 0.6 is 23.8 Å². The first-order chi connectivity index (χ1) is 9.65. The number of nitrogens with zero attached hydrogens (tertiary/aromatic N) is 2. The Labute approximate surface area is 127 Å². The van der Waals surface area contributed by atoms with E-state index in [9.17, 15) is 0 Å². The van der Waals surface area contributed by atoms with Crippen LogP contribution in [-0.2, 0) is 13.0 Å². The summed E-state index contributed by atoms with van der Waals surface area (Å²) in [6.07, 6.45) is 0.786. The number of aryl methyl sites for hydroxylation is 1. The minimum Gasteiger partial charge on any atom is -0.494 e. The second kappa shape index (κ2) is 6.76. The molecule has 2 aromatic rings. The van der Waals surface area contributed by atoms with Crippen molar-refractivity contribution in [2.24, 2.45) is 0 Å². The highest BCUT2D eigenvalue weighted by Crippen LogP contribution is 2.23. The third-order valence-corrected chi connectivity index (χ3v) is 3.32. The van der Waals surface area contributed by atoms with Crippen LogP contribution in [0.3, 0.4) is 0 Å². The molecule has 2 rings (SSSR count). The number of aromatic nitrogens is 3. The van der Waals surface area contributed by atoms with E-state index in [0.717, 1.165) is 23.6 Å². The first-order valence-corrected chi connectivity index (χ1v) is 7.25. The number of ether oxygens (including phenoxy) is 1. The first kappa shape index (κ1) is 14.9. The molecule has 7 heteroatoms. The topological polar surface area (TPSA) is 54.9 Å². The third-order valence-electron chi connectivity index (χ3n) is 2.81. The van der Waals surface area contributed by atoms with Crippen molar-refractivity contribution >= 4 is 23.8 Å². The molecule has 2 N–H and O–H groups in total. The quantitative estimate of drug-likeness (QED) is 0.804. The summed E-state index contributed by atoms with van der Waals surface area (Å²) >= 11 is 11.2. The van der Waals surface area contributed by atoms with Gasteiger partial charge in [-0.1, -0.05) is 18.5 Å². The molecule has 0 atom stereocenters. The molecule has 0 amide bonds. The van der Waals surface area contributed by atoms with Crippen molar-refractivity contribution in [3.05, 3.63) is 39.4 Å². The van der Waals surface area contributed by atoms with Gasteiger partial charge in [-0.05, 0) is 37.3 Å². The zero-order valence-corrected chi connectivity index (χ0v) is 13.0. The van der Waals surface area contributed by atoms with Gasteiger partial charge < -0.3 is 10.2 Å². The van der Waals surface area contributed by atoms with Crippen molar-refractivity contribution in [2.75, 3.05) is 12.0 Å². The van der Waals surface area contributed by atoms with Crippen LogP contribution in [0.2, 0.25) is 5.02 Å². The SMILES string of the molecule is CCOc1ccc(Cl)cc1CNn1c(CC)n[nH]c1=S. The number of rotatable bonds is 6. The number of benzene rings is 1. The van der Waals surface area contributed by atoms with E-state index in [4.69, 9.17) is 28.6 Å².